The number of benzene rings is 1. The number of amides is 1. The quantitative estimate of drug-likeness (QED) is 0.250. The number of likely N-dealkylation sites (tertiary alicyclic amines) is 1. The second-order valence-electron chi connectivity index (χ2n) is 9.08. The van der Waals surface area contributed by atoms with Crippen LogP contribution in [0.15, 0.2) is 35.3 Å². The first-order valence-corrected chi connectivity index (χ1v) is 11.1. The number of carbonyl (C=O) groups excluding carboxylic acids is 1. The van der Waals surface area contributed by atoms with Crippen molar-refractivity contribution in [2.24, 2.45) is 10.4 Å². The van der Waals surface area contributed by atoms with Crippen LogP contribution in [0, 0.1) is 5.41 Å². The fraction of sp³-hybridized carbons (Fsp3) is 0.652. The summed E-state index contributed by atoms with van der Waals surface area (Å²) in [7, 11) is 0. The molecule has 174 valence electrons. The molecule has 0 aromatic heterocycles. The summed E-state index contributed by atoms with van der Waals surface area (Å²) in [5.74, 6) is 0.958. The Balaban J connectivity index is 0.00000341. The van der Waals surface area contributed by atoms with Crippen molar-refractivity contribution in [3.8, 4) is 0 Å². The number of aliphatic imine (C=N–C) groups is 1. The van der Waals surface area contributed by atoms with E-state index in [2.05, 4.69) is 57.7 Å². The van der Waals surface area contributed by atoms with E-state index in [4.69, 9.17) is 9.73 Å². The Morgan fingerprint density at radius 3 is 2.61 bits per heavy atom. The summed E-state index contributed by atoms with van der Waals surface area (Å²) in [5, 5.41) is 6.38. The van der Waals surface area contributed by atoms with Crippen molar-refractivity contribution in [1.82, 2.24) is 20.4 Å². The number of rotatable bonds is 6. The molecule has 1 amide bonds. The third-order valence-corrected chi connectivity index (χ3v) is 5.62. The van der Waals surface area contributed by atoms with Crippen LogP contribution in [-0.2, 0) is 16.1 Å². The molecule has 2 fully saturated rings. The molecule has 0 spiro atoms. The zero-order chi connectivity index (χ0) is 21.6. The topological polar surface area (TPSA) is 69.2 Å². The molecular weight excluding hydrogens is 505 g/mol. The molecule has 1 aromatic rings. The van der Waals surface area contributed by atoms with E-state index in [-0.39, 0.29) is 41.4 Å². The predicted molar refractivity (Wildman–Crippen MR) is 136 cm³/mol. The third kappa shape index (κ3) is 7.32. The summed E-state index contributed by atoms with van der Waals surface area (Å²) in [5.41, 5.74) is 0.963. The molecule has 2 unspecified atom stereocenters. The normalized spacial score (nSPS) is 21.9. The molecule has 2 aliphatic heterocycles. The molecule has 7 nitrogen and oxygen atoms in total. The lowest BCUT2D eigenvalue weighted by Gasteiger charge is -2.36. The number of nitrogens with zero attached hydrogens (tertiary/aromatic N) is 3. The zero-order valence-electron chi connectivity index (χ0n) is 19.3. The zero-order valence-corrected chi connectivity index (χ0v) is 21.6. The number of hydrogen-bond donors (Lipinski definition) is 2. The van der Waals surface area contributed by atoms with Gasteiger partial charge in [-0.05, 0) is 12.5 Å². The van der Waals surface area contributed by atoms with Gasteiger partial charge in [-0.1, -0.05) is 51.1 Å². The van der Waals surface area contributed by atoms with Gasteiger partial charge in [0.2, 0.25) is 5.91 Å². The van der Waals surface area contributed by atoms with Gasteiger partial charge in [-0.3, -0.25) is 14.7 Å². The maximum Gasteiger partial charge on any atom is 0.225 e. The maximum absolute atomic E-state index is 12.0. The van der Waals surface area contributed by atoms with E-state index < -0.39 is 0 Å². The van der Waals surface area contributed by atoms with Gasteiger partial charge in [0.05, 0.1) is 25.3 Å². The van der Waals surface area contributed by atoms with E-state index in [0.717, 1.165) is 45.3 Å². The first-order valence-electron chi connectivity index (χ1n) is 11.1. The van der Waals surface area contributed by atoms with Crippen LogP contribution in [0.25, 0.3) is 0 Å². The number of carbonyl (C=O) groups is 1. The van der Waals surface area contributed by atoms with Crippen molar-refractivity contribution >= 4 is 35.8 Å². The monoisotopic (exact) mass is 543 g/mol. The summed E-state index contributed by atoms with van der Waals surface area (Å²) in [6.07, 6.45) is 0.201. The minimum atomic E-state index is -0.377. The number of halogens is 1. The lowest BCUT2D eigenvalue weighted by Crippen LogP contribution is -2.50. The average Bonchev–Trinajstić information content (AvgIpc) is 3.15. The standard InChI is InChI=1S/C23H37N5O2.HI/c1-5-24-22(26-12-11-25-21(29)23(2,3)4)28-16-19-20(17-28)30-14-13-27(19)15-18-9-7-6-8-10-18;/h6-10,19-20H,5,11-17H2,1-4H3,(H,24,26)(H,25,29);1H. The number of fused-ring (bicyclic) bond motifs is 1. The number of guanidine groups is 1. The number of hydrogen-bond acceptors (Lipinski definition) is 4. The Morgan fingerprint density at radius 2 is 1.94 bits per heavy atom. The molecule has 1 aromatic carbocycles. The van der Waals surface area contributed by atoms with Gasteiger partial charge in [-0.25, -0.2) is 0 Å². The molecule has 31 heavy (non-hydrogen) atoms. The molecule has 2 aliphatic rings. The first-order chi connectivity index (χ1) is 14.4. The van der Waals surface area contributed by atoms with E-state index in [1.54, 1.807) is 0 Å². The molecule has 0 aliphatic carbocycles. The van der Waals surface area contributed by atoms with Crippen molar-refractivity contribution in [2.45, 2.75) is 46.4 Å². The molecule has 0 radical (unpaired) electrons. The molecule has 8 heteroatoms. The Kier molecular flexibility index (Phi) is 10.0. The molecule has 2 heterocycles. The third-order valence-electron chi connectivity index (χ3n) is 5.62. The van der Waals surface area contributed by atoms with Gasteiger partial charge in [0.25, 0.3) is 0 Å². The SMILES string of the molecule is CCNC(=NCCNC(=O)C(C)(C)C)N1CC2OCCN(Cc3ccccc3)C2C1.I. The van der Waals surface area contributed by atoms with Gasteiger partial charge < -0.3 is 20.3 Å². The van der Waals surface area contributed by atoms with Crippen molar-refractivity contribution < 1.29 is 9.53 Å². The maximum atomic E-state index is 12.0. The van der Waals surface area contributed by atoms with E-state index in [1.807, 2.05) is 20.8 Å². The Bertz CT molecular complexity index is 722. The highest BCUT2D eigenvalue weighted by atomic mass is 127. The van der Waals surface area contributed by atoms with Crippen LogP contribution >= 0.6 is 24.0 Å². The van der Waals surface area contributed by atoms with Crippen LogP contribution in [0.4, 0.5) is 0 Å². The summed E-state index contributed by atoms with van der Waals surface area (Å²) < 4.78 is 6.10. The van der Waals surface area contributed by atoms with Gasteiger partial charge >= 0.3 is 0 Å². The minimum Gasteiger partial charge on any atom is -0.373 e. The minimum absolute atomic E-state index is 0. The smallest absolute Gasteiger partial charge is 0.225 e. The Hall–Kier alpha value is -1.39. The Labute approximate surface area is 204 Å². The van der Waals surface area contributed by atoms with Crippen LogP contribution in [-0.4, -0.2) is 79.7 Å². The highest BCUT2D eigenvalue weighted by Gasteiger charge is 2.41. The summed E-state index contributed by atoms with van der Waals surface area (Å²) in [4.78, 5) is 21.6. The molecule has 3 rings (SSSR count). The van der Waals surface area contributed by atoms with Crippen molar-refractivity contribution in [3.63, 3.8) is 0 Å². The second kappa shape index (κ2) is 12.0. The van der Waals surface area contributed by atoms with Crippen LogP contribution in [0.3, 0.4) is 0 Å². The van der Waals surface area contributed by atoms with E-state index in [0.29, 0.717) is 19.1 Å². The van der Waals surface area contributed by atoms with E-state index in [1.165, 1.54) is 5.56 Å². The molecule has 0 saturated carbocycles. The first kappa shape index (κ1) is 25.9. The van der Waals surface area contributed by atoms with Crippen LogP contribution in [0.5, 0.6) is 0 Å². The van der Waals surface area contributed by atoms with Crippen molar-refractivity contribution in [2.75, 3.05) is 45.9 Å². The highest BCUT2D eigenvalue weighted by molar-refractivity contribution is 14.0. The van der Waals surface area contributed by atoms with Gasteiger partial charge in [0.15, 0.2) is 5.96 Å². The lowest BCUT2D eigenvalue weighted by molar-refractivity contribution is -0.128. The molecule has 2 saturated heterocycles. The van der Waals surface area contributed by atoms with Gasteiger partial charge in [-0.15, -0.1) is 24.0 Å². The van der Waals surface area contributed by atoms with Crippen LogP contribution in [0.2, 0.25) is 0 Å². The Morgan fingerprint density at radius 1 is 1.19 bits per heavy atom. The van der Waals surface area contributed by atoms with Crippen LogP contribution in [0.1, 0.15) is 33.3 Å². The number of ether oxygens (including phenoxy) is 1. The molecular formula is C23H38IN5O2. The number of morpholine rings is 1. The van der Waals surface area contributed by atoms with Crippen molar-refractivity contribution in [1.29, 1.82) is 0 Å². The molecule has 2 N–H and O–H groups in total. The summed E-state index contributed by atoms with van der Waals surface area (Å²) in [6.45, 7) is 14.2. The summed E-state index contributed by atoms with van der Waals surface area (Å²) in [6, 6.07) is 11.0. The fourth-order valence-corrected chi connectivity index (χ4v) is 3.97. The summed E-state index contributed by atoms with van der Waals surface area (Å²) >= 11 is 0. The van der Waals surface area contributed by atoms with Gasteiger partial charge in [0, 0.05) is 44.7 Å². The molecule has 0 bridgehead atoms. The fourth-order valence-electron chi connectivity index (χ4n) is 3.97. The molecule has 2 atom stereocenters. The highest BCUT2D eigenvalue weighted by Crippen LogP contribution is 2.24. The number of nitrogens with one attached hydrogen (secondary N) is 2. The largest absolute Gasteiger partial charge is 0.373 e. The van der Waals surface area contributed by atoms with Crippen LogP contribution < -0.4 is 10.6 Å². The van der Waals surface area contributed by atoms with Crippen molar-refractivity contribution in [3.05, 3.63) is 35.9 Å². The lowest BCUT2D eigenvalue weighted by atomic mass is 9.96. The van der Waals surface area contributed by atoms with E-state index in [9.17, 15) is 4.79 Å². The predicted octanol–water partition coefficient (Wildman–Crippen LogP) is 2.32. The van der Waals surface area contributed by atoms with Gasteiger partial charge in [0.1, 0.15) is 0 Å². The van der Waals surface area contributed by atoms with E-state index >= 15 is 0 Å². The second-order valence-corrected chi connectivity index (χ2v) is 9.08. The van der Waals surface area contributed by atoms with Gasteiger partial charge in [-0.2, -0.15) is 0 Å². The average molecular weight is 543 g/mol.